The highest BCUT2D eigenvalue weighted by Crippen LogP contribution is 2.36. The molecule has 0 unspecified atom stereocenters. The molecule has 8 heteroatoms. The molecule has 0 bridgehead atoms. The van der Waals surface area contributed by atoms with Gasteiger partial charge in [0.05, 0.1) is 7.11 Å². The largest absolute Gasteiger partial charge is 0.496 e. The lowest BCUT2D eigenvalue weighted by atomic mass is 9.91. The summed E-state index contributed by atoms with van der Waals surface area (Å²) in [5.41, 5.74) is 3.22. The second-order valence-corrected chi connectivity index (χ2v) is 12.0. The fourth-order valence-electron chi connectivity index (χ4n) is 4.37. The molecule has 0 saturated carbocycles. The van der Waals surface area contributed by atoms with Gasteiger partial charge in [0.25, 0.3) is 0 Å². The number of hydrogen-bond donors (Lipinski definition) is 2. The second-order valence-electron chi connectivity index (χ2n) is 12.0. The quantitative estimate of drug-likeness (QED) is 0.260. The summed E-state index contributed by atoms with van der Waals surface area (Å²) >= 11 is 0. The van der Waals surface area contributed by atoms with E-state index in [-0.39, 0.29) is 13.1 Å². The highest BCUT2D eigenvalue weighted by atomic mass is 16.6. The molecule has 8 nitrogen and oxygen atoms in total. The summed E-state index contributed by atoms with van der Waals surface area (Å²) < 4.78 is 22.6. The molecule has 0 aliphatic rings. The van der Waals surface area contributed by atoms with Crippen molar-refractivity contribution >= 4 is 12.2 Å². The molecule has 2 N–H and O–H groups in total. The van der Waals surface area contributed by atoms with Crippen molar-refractivity contribution < 1.29 is 28.5 Å². The van der Waals surface area contributed by atoms with Crippen LogP contribution < -0.4 is 20.1 Å². The molecule has 0 radical (unpaired) electrons. The SMILES string of the molecule is C#Cc1cc(OCc2ccccc2)cc(C#C)c1-c1cc(CNC(=O)OC(C)(C)C)c(OC)c(CNC(=O)OC(C)(C)C)c1. The summed E-state index contributed by atoms with van der Waals surface area (Å²) in [4.78, 5) is 25.0. The number of benzene rings is 3. The standard InChI is InChI=1S/C36H40N2O6/c1-10-25-19-30(42-23-24-15-13-12-14-16-24)20-26(11-2)31(25)27-17-28(21-37-33(39)43-35(3,4)5)32(41-9)29(18-27)22-38-34(40)44-36(6,7)8/h1-2,12-20H,21-23H2,3-9H3,(H,37,39)(H,38,40). The third-order valence-corrected chi connectivity index (χ3v) is 6.05. The van der Waals surface area contributed by atoms with Crippen LogP contribution in [0.25, 0.3) is 11.1 Å². The minimum Gasteiger partial charge on any atom is -0.496 e. The lowest BCUT2D eigenvalue weighted by molar-refractivity contribution is 0.0513. The Labute approximate surface area is 260 Å². The summed E-state index contributed by atoms with van der Waals surface area (Å²) in [5, 5.41) is 5.55. The Bertz CT molecular complexity index is 1480. The number of rotatable bonds is 9. The molecule has 3 rings (SSSR count). The molecule has 3 aromatic rings. The predicted molar refractivity (Wildman–Crippen MR) is 171 cm³/mol. The second kappa shape index (κ2) is 14.4. The van der Waals surface area contributed by atoms with E-state index in [1.54, 1.807) is 53.7 Å². The molecule has 230 valence electrons. The van der Waals surface area contributed by atoms with Crippen LogP contribution in [0.5, 0.6) is 11.5 Å². The Hall–Kier alpha value is -5.08. The molecule has 0 aliphatic carbocycles. The van der Waals surface area contributed by atoms with E-state index in [4.69, 9.17) is 31.8 Å². The van der Waals surface area contributed by atoms with Crippen molar-refractivity contribution in [1.29, 1.82) is 0 Å². The van der Waals surface area contributed by atoms with Crippen LogP contribution in [0.15, 0.2) is 54.6 Å². The van der Waals surface area contributed by atoms with Gasteiger partial charge in [-0.05, 0) is 76.9 Å². The number of alkyl carbamates (subject to hydrolysis) is 2. The van der Waals surface area contributed by atoms with Crippen LogP contribution in [0.4, 0.5) is 9.59 Å². The summed E-state index contributed by atoms with van der Waals surface area (Å²) in [6.07, 6.45) is 10.8. The molecular formula is C36H40N2O6. The van der Waals surface area contributed by atoms with Gasteiger partial charge in [-0.25, -0.2) is 9.59 Å². The van der Waals surface area contributed by atoms with E-state index in [1.807, 2.05) is 42.5 Å². The molecule has 0 aromatic heterocycles. The zero-order chi connectivity index (χ0) is 32.5. The van der Waals surface area contributed by atoms with Gasteiger partial charge in [0.2, 0.25) is 0 Å². The van der Waals surface area contributed by atoms with Gasteiger partial charge >= 0.3 is 12.2 Å². The average molecular weight is 597 g/mol. The van der Waals surface area contributed by atoms with E-state index in [0.717, 1.165) is 5.56 Å². The van der Waals surface area contributed by atoms with Crippen LogP contribution in [-0.4, -0.2) is 30.5 Å². The number of carbonyl (C=O) groups excluding carboxylic acids is 2. The smallest absolute Gasteiger partial charge is 0.407 e. The third-order valence-electron chi connectivity index (χ3n) is 6.05. The molecule has 3 aromatic carbocycles. The van der Waals surface area contributed by atoms with Gasteiger partial charge in [0, 0.05) is 40.9 Å². The Balaban J connectivity index is 2.07. The van der Waals surface area contributed by atoms with Gasteiger partial charge in [-0.3, -0.25) is 0 Å². The summed E-state index contributed by atoms with van der Waals surface area (Å²) in [6.45, 7) is 11.2. The minimum absolute atomic E-state index is 0.0698. The first-order valence-corrected chi connectivity index (χ1v) is 14.1. The lowest BCUT2D eigenvalue weighted by Crippen LogP contribution is -2.33. The maximum absolute atomic E-state index is 12.5. The summed E-state index contributed by atoms with van der Waals surface area (Å²) in [6, 6.07) is 17.0. The van der Waals surface area contributed by atoms with Crippen LogP contribution >= 0.6 is 0 Å². The zero-order valence-electron chi connectivity index (χ0n) is 26.4. The van der Waals surface area contributed by atoms with E-state index >= 15 is 0 Å². The molecule has 0 atom stereocenters. The highest BCUT2D eigenvalue weighted by molar-refractivity contribution is 5.80. The van der Waals surface area contributed by atoms with Crippen molar-refractivity contribution in [2.24, 2.45) is 0 Å². The number of amides is 2. The van der Waals surface area contributed by atoms with Crippen molar-refractivity contribution in [3.63, 3.8) is 0 Å². The fourth-order valence-corrected chi connectivity index (χ4v) is 4.37. The van der Waals surface area contributed by atoms with Gasteiger partial charge in [-0.15, -0.1) is 12.8 Å². The monoisotopic (exact) mass is 596 g/mol. The first-order chi connectivity index (χ1) is 20.7. The number of carbonyl (C=O) groups is 2. The highest BCUT2D eigenvalue weighted by Gasteiger charge is 2.22. The van der Waals surface area contributed by atoms with Crippen LogP contribution in [0.3, 0.4) is 0 Å². The Kier molecular flexibility index (Phi) is 10.9. The summed E-state index contributed by atoms with van der Waals surface area (Å²) in [5.74, 6) is 6.48. The minimum atomic E-state index is -0.674. The Morgan fingerprint density at radius 2 is 1.25 bits per heavy atom. The van der Waals surface area contributed by atoms with Crippen LogP contribution in [0.2, 0.25) is 0 Å². The first-order valence-electron chi connectivity index (χ1n) is 14.1. The van der Waals surface area contributed by atoms with Crippen molar-refractivity contribution in [1.82, 2.24) is 10.6 Å². The van der Waals surface area contributed by atoms with Crippen LogP contribution in [0.1, 0.15) is 69.4 Å². The molecule has 0 heterocycles. The Morgan fingerprint density at radius 1 is 0.773 bits per heavy atom. The molecule has 0 spiro atoms. The molecule has 44 heavy (non-hydrogen) atoms. The topological polar surface area (TPSA) is 95.1 Å². The predicted octanol–water partition coefficient (Wildman–Crippen LogP) is 6.95. The normalized spacial score (nSPS) is 11.0. The molecule has 0 fully saturated rings. The Morgan fingerprint density at radius 3 is 1.66 bits per heavy atom. The van der Waals surface area contributed by atoms with E-state index in [9.17, 15) is 9.59 Å². The van der Waals surface area contributed by atoms with E-state index < -0.39 is 23.4 Å². The number of methoxy groups -OCH3 is 1. The zero-order valence-corrected chi connectivity index (χ0v) is 26.4. The molecule has 0 aliphatic heterocycles. The van der Waals surface area contributed by atoms with Gasteiger partial charge < -0.3 is 29.6 Å². The fraction of sp³-hybridized carbons (Fsp3) is 0.333. The number of ether oxygens (including phenoxy) is 4. The van der Waals surface area contributed by atoms with Gasteiger partial charge in [-0.1, -0.05) is 42.2 Å². The van der Waals surface area contributed by atoms with Gasteiger partial charge in [-0.2, -0.15) is 0 Å². The number of nitrogens with one attached hydrogen (secondary N) is 2. The van der Waals surface area contributed by atoms with Crippen LogP contribution in [0, 0.1) is 24.7 Å². The van der Waals surface area contributed by atoms with Crippen molar-refractivity contribution in [2.75, 3.05) is 7.11 Å². The van der Waals surface area contributed by atoms with Crippen molar-refractivity contribution in [3.05, 3.63) is 82.4 Å². The van der Waals surface area contributed by atoms with Crippen molar-refractivity contribution in [2.45, 2.75) is 72.4 Å². The van der Waals surface area contributed by atoms with Gasteiger partial charge in [0.15, 0.2) is 0 Å². The molecular weight excluding hydrogens is 556 g/mol. The van der Waals surface area contributed by atoms with Crippen molar-refractivity contribution in [3.8, 4) is 47.3 Å². The maximum atomic E-state index is 12.5. The number of terminal acetylenes is 2. The van der Waals surface area contributed by atoms with Gasteiger partial charge in [0.1, 0.15) is 29.3 Å². The maximum Gasteiger partial charge on any atom is 0.407 e. The summed E-state index contributed by atoms with van der Waals surface area (Å²) in [7, 11) is 1.52. The van der Waals surface area contributed by atoms with E-state index in [0.29, 0.717) is 51.5 Å². The van der Waals surface area contributed by atoms with E-state index in [2.05, 4.69) is 22.5 Å². The average Bonchev–Trinajstić information content (AvgIpc) is 2.95. The van der Waals surface area contributed by atoms with E-state index in [1.165, 1.54) is 7.11 Å². The number of hydrogen-bond acceptors (Lipinski definition) is 6. The molecule has 2 amide bonds. The molecule has 0 saturated heterocycles. The lowest BCUT2D eigenvalue weighted by Gasteiger charge is -2.22. The third kappa shape index (κ3) is 9.74. The van der Waals surface area contributed by atoms with Crippen LogP contribution in [-0.2, 0) is 29.2 Å². The first kappa shape index (κ1) is 33.4.